The number of aromatic amines is 1. The number of fused-ring (bicyclic) bond motifs is 1. The van der Waals surface area contributed by atoms with Crippen LogP contribution in [0.4, 0.5) is 4.79 Å². The second-order valence-corrected chi connectivity index (χ2v) is 8.40. The maximum Gasteiger partial charge on any atom is 0.511 e. The molecule has 0 atom stereocenters. The fourth-order valence-electron chi connectivity index (χ4n) is 2.71. The highest BCUT2D eigenvalue weighted by atomic mass is 35.5. The van der Waals surface area contributed by atoms with Crippen LogP contribution in [0, 0.1) is 0 Å². The molecule has 2 heterocycles. The van der Waals surface area contributed by atoms with Gasteiger partial charge >= 0.3 is 6.16 Å². The first-order chi connectivity index (χ1) is 14.2. The van der Waals surface area contributed by atoms with Gasteiger partial charge < -0.3 is 9.84 Å². The summed E-state index contributed by atoms with van der Waals surface area (Å²) in [5.41, 5.74) is -0.415. The highest BCUT2D eigenvalue weighted by Gasteiger charge is 2.19. The zero-order chi connectivity index (χ0) is 21.5. The summed E-state index contributed by atoms with van der Waals surface area (Å²) in [5.74, 6) is -0.127. The number of nitrogens with one attached hydrogen (secondary N) is 1. The third-order valence-corrected chi connectivity index (χ3v) is 6.10. The van der Waals surface area contributed by atoms with Crippen LogP contribution < -0.4 is 10.3 Å². The molecular formula is C18H11ClN4O6S. The van der Waals surface area contributed by atoms with Crippen LogP contribution in [-0.2, 0) is 9.84 Å². The molecule has 4 rings (SSSR count). The number of halogens is 1. The van der Waals surface area contributed by atoms with Gasteiger partial charge in [0, 0.05) is 5.02 Å². The second-order valence-electron chi connectivity index (χ2n) is 6.01. The van der Waals surface area contributed by atoms with Crippen molar-refractivity contribution >= 4 is 38.5 Å². The van der Waals surface area contributed by atoms with Crippen molar-refractivity contribution in [1.29, 1.82) is 0 Å². The van der Waals surface area contributed by atoms with Crippen molar-refractivity contribution in [3.63, 3.8) is 0 Å². The SMILES string of the molecule is O=C(O)Oc1cnn(-c2nc3cc(S(=O)(=O)c4ccc(Cl)cc4)ccc3c(=O)[nH]2)c1. The van der Waals surface area contributed by atoms with Crippen LogP contribution in [0.2, 0.25) is 5.02 Å². The second kappa shape index (κ2) is 7.28. The maximum atomic E-state index is 12.9. The molecule has 2 aromatic carbocycles. The van der Waals surface area contributed by atoms with Crippen molar-refractivity contribution in [2.45, 2.75) is 9.79 Å². The predicted octanol–water partition coefficient (Wildman–Crippen LogP) is 2.65. The van der Waals surface area contributed by atoms with Crippen molar-refractivity contribution in [2.24, 2.45) is 0 Å². The van der Waals surface area contributed by atoms with Gasteiger partial charge in [-0.05, 0) is 42.5 Å². The van der Waals surface area contributed by atoms with Crippen molar-refractivity contribution in [3.05, 3.63) is 70.2 Å². The molecule has 0 fully saturated rings. The summed E-state index contributed by atoms with van der Waals surface area (Å²) in [5, 5.41) is 13.1. The summed E-state index contributed by atoms with van der Waals surface area (Å²) >= 11 is 5.82. The van der Waals surface area contributed by atoms with Crippen LogP contribution in [0.5, 0.6) is 5.75 Å². The minimum atomic E-state index is -3.87. The quantitative estimate of drug-likeness (QED) is 0.455. The summed E-state index contributed by atoms with van der Waals surface area (Å²) in [7, 11) is -3.87. The van der Waals surface area contributed by atoms with E-state index in [-0.39, 0.29) is 32.4 Å². The molecule has 12 heteroatoms. The van der Waals surface area contributed by atoms with Gasteiger partial charge in [-0.3, -0.25) is 9.78 Å². The molecule has 10 nitrogen and oxygen atoms in total. The Morgan fingerprint density at radius 3 is 2.53 bits per heavy atom. The van der Waals surface area contributed by atoms with E-state index in [1.807, 2.05) is 0 Å². The molecule has 2 aromatic heterocycles. The zero-order valence-electron chi connectivity index (χ0n) is 14.8. The lowest BCUT2D eigenvalue weighted by molar-refractivity contribution is 0.144. The highest BCUT2D eigenvalue weighted by Crippen LogP contribution is 2.24. The van der Waals surface area contributed by atoms with Crippen molar-refractivity contribution in [2.75, 3.05) is 0 Å². The molecule has 4 aromatic rings. The molecule has 0 saturated heterocycles. The number of benzene rings is 2. The van der Waals surface area contributed by atoms with Gasteiger partial charge in [0.15, 0.2) is 5.75 Å². The number of hydrogen-bond donors (Lipinski definition) is 2. The van der Waals surface area contributed by atoms with Crippen molar-refractivity contribution in [3.8, 4) is 11.7 Å². The maximum absolute atomic E-state index is 12.9. The molecule has 0 radical (unpaired) electrons. The van der Waals surface area contributed by atoms with E-state index in [9.17, 15) is 18.0 Å². The van der Waals surface area contributed by atoms with Crippen LogP contribution >= 0.6 is 11.6 Å². The Bertz CT molecular complexity index is 1440. The summed E-state index contributed by atoms with van der Waals surface area (Å²) in [4.78, 5) is 29.7. The van der Waals surface area contributed by atoms with Crippen molar-refractivity contribution in [1.82, 2.24) is 19.7 Å². The molecule has 0 amide bonds. The van der Waals surface area contributed by atoms with Gasteiger partial charge in [0.25, 0.3) is 5.56 Å². The summed E-state index contributed by atoms with van der Waals surface area (Å²) < 4.78 is 31.4. The van der Waals surface area contributed by atoms with Gasteiger partial charge in [-0.15, -0.1) is 0 Å². The number of nitrogens with zero attached hydrogens (tertiary/aromatic N) is 3. The number of carbonyl (C=O) groups is 1. The number of sulfone groups is 1. The summed E-state index contributed by atoms with van der Waals surface area (Å²) in [6.07, 6.45) is 0.804. The number of rotatable bonds is 4. The molecule has 0 bridgehead atoms. The molecule has 0 unspecified atom stereocenters. The smallest absolute Gasteiger partial charge is 0.449 e. The van der Waals surface area contributed by atoms with E-state index in [4.69, 9.17) is 16.7 Å². The first-order valence-corrected chi connectivity index (χ1v) is 10.1. The molecule has 0 aliphatic carbocycles. The molecule has 152 valence electrons. The number of aromatic nitrogens is 4. The lowest BCUT2D eigenvalue weighted by atomic mass is 10.2. The summed E-state index contributed by atoms with van der Waals surface area (Å²) in [6.45, 7) is 0. The number of ether oxygens (including phenoxy) is 1. The monoisotopic (exact) mass is 446 g/mol. The van der Waals surface area contributed by atoms with E-state index in [1.54, 1.807) is 0 Å². The van der Waals surface area contributed by atoms with Crippen LogP contribution in [-0.4, -0.2) is 39.4 Å². The van der Waals surface area contributed by atoms with E-state index in [0.717, 1.165) is 10.9 Å². The molecule has 0 saturated carbocycles. The minimum Gasteiger partial charge on any atom is -0.449 e. The Hall–Kier alpha value is -3.70. The minimum absolute atomic E-state index is 0.0406. The standard InChI is InChI=1S/C18H11ClN4O6S/c19-10-1-3-12(4-2-10)30(27,28)13-5-6-14-15(7-13)21-17(22-16(14)24)23-9-11(8-20-23)29-18(25)26/h1-9H,(H,25,26)(H,21,22,24). The van der Waals surface area contributed by atoms with E-state index in [1.165, 1.54) is 48.7 Å². The predicted molar refractivity (Wildman–Crippen MR) is 105 cm³/mol. The Morgan fingerprint density at radius 1 is 1.13 bits per heavy atom. The molecule has 2 N–H and O–H groups in total. The van der Waals surface area contributed by atoms with Crippen LogP contribution in [0.15, 0.2) is 69.4 Å². The normalized spacial score (nSPS) is 11.5. The van der Waals surface area contributed by atoms with Gasteiger partial charge in [-0.2, -0.15) is 5.10 Å². The lowest BCUT2D eigenvalue weighted by Gasteiger charge is -2.07. The fourth-order valence-corrected chi connectivity index (χ4v) is 4.11. The number of hydrogen-bond acceptors (Lipinski definition) is 7. The first kappa shape index (κ1) is 19.6. The largest absolute Gasteiger partial charge is 0.511 e. The third-order valence-electron chi connectivity index (χ3n) is 4.08. The summed E-state index contributed by atoms with van der Waals surface area (Å²) in [6, 6.07) is 9.64. The molecular weight excluding hydrogens is 436 g/mol. The highest BCUT2D eigenvalue weighted by molar-refractivity contribution is 7.91. The molecule has 0 aliphatic rings. The average Bonchev–Trinajstić information content (AvgIpc) is 3.15. The van der Waals surface area contributed by atoms with E-state index < -0.39 is 21.6 Å². The zero-order valence-corrected chi connectivity index (χ0v) is 16.4. The van der Waals surface area contributed by atoms with Crippen LogP contribution in [0.25, 0.3) is 16.9 Å². The topological polar surface area (TPSA) is 144 Å². The van der Waals surface area contributed by atoms with Gasteiger partial charge in [0.2, 0.25) is 15.8 Å². The van der Waals surface area contributed by atoms with E-state index in [0.29, 0.717) is 5.02 Å². The van der Waals surface area contributed by atoms with Gasteiger partial charge in [0.05, 0.1) is 33.1 Å². The Labute approximate surface area is 173 Å². The van der Waals surface area contributed by atoms with Crippen LogP contribution in [0.1, 0.15) is 0 Å². The van der Waals surface area contributed by atoms with E-state index >= 15 is 0 Å². The molecule has 0 spiro atoms. The Balaban J connectivity index is 1.80. The van der Waals surface area contributed by atoms with Gasteiger partial charge in [-0.1, -0.05) is 11.6 Å². The molecule has 0 aliphatic heterocycles. The number of H-pyrrole nitrogens is 1. The first-order valence-electron chi connectivity index (χ1n) is 8.24. The number of carboxylic acid groups (broad SMARTS) is 1. The molecule has 30 heavy (non-hydrogen) atoms. The average molecular weight is 447 g/mol. The van der Waals surface area contributed by atoms with Crippen LogP contribution in [0.3, 0.4) is 0 Å². The van der Waals surface area contributed by atoms with Crippen molar-refractivity contribution < 1.29 is 23.1 Å². The van der Waals surface area contributed by atoms with Gasteiger partial charge in [0.1, 0.15) is 0 Å². The Kier molecular flexibility index (Phi) is 4.76. The lowest BCUT2D eigenvalue weighted by Crippen LogP contribution is -2.14. The Morgan fingerprint density at radius 2 is 1.83 bits per heavy atom. The third kappa shape index (κ3) is 3.63. The van der Waals surface area contributed by atoms with E-state index in [2.05, 4.69) is 19.8 Å². The fraction of sp³-hybridized carbons (Fsp3) is 0. The van der Waals surface area contributed by atoms with Gasteiger partial charge in [-0.25, -0.2) is 22.9 Å².